The summed E-state index contributed by atoms with van der Waals surface area (Å²) in [7, 11) is -0.872. The van der Waals surface area contributed by atoms with Gasteiger partial charge in [0.1, 0.15) is 0 Å². The van der Waals surface area contributed by atoms with E-state index in [-0.39, 0.29) is 29.5 Å². The smallest absolute Gasteiger partial charge is 0.304 e. The number of allylic oxidation sites excluding steroid dienone is 2. The molecule has 1 aromatic heterocycles. The number of alkyl halides is 6. The van der Waals surface area contributed by atoms with Crippen LogP contribution in [0, 0.1) is 0 Å². The Kier molecular flexibility index (Phi) is 7.10. The second kappa shape index (κ2) is 8.39. The molecule has 0 aliphatic carbocycles. The van der Waals surface area contributed by atoms with E-state index in [9.17, 15) is 9.59 Å². The Morgan fingerprint density at radius 1 is 1.00 bits per heavy atom. The summed E-state index contributed by atoms with van der Waals surface area (Å²) < 4.78 is -4.12. The van der Waals surface area contributed by atoms with Crippen molar-refractivity contribution in [2.45, 2.75) is 14.0 Å². The van der Waals surface area contributed by atoms with Crippen molar-refractivity contribution in [1.29, 1.82) is 0 Å². The molecule has 0 radical (unpaired) electrons. The van der Waals surface area contributed by atoms with Crippen molar-refractivity contribution in [3.63, 3.8) is 0 Å². The largest absolute Gasteiger partial charge is 0.481 e. The number of thiol groups is 1. The Balaban J connectivity index is 2.36. The van der Waals surface area contributed by atoms with Crippen LogP contribution in [0.5, 0.6) is 0 Å². The maximum absolute atomic E-state index is 12.7. The molecule has 1 aromatic rings. The predicted molar refractivity (Wildman–Crippen MR) is 106 cm³/mol. The van der Waals surface area contributed by atoms with Crippen molar-refractivity contribution in [2.75, 3.05) is 5.75 Å². The van der Waals surface area contributed by atoms with Gasteiger partial charge in [-0.2, -0.15) is 0 Å². The van der Waals surface area contributed by atoms with Crippen LogP contribution in [-0.2, 0) is 12.4 Å². The van der Waals surface area contributed by atoms with Gasteiger partial charge in [0.05, 0.1) is 6.42 Å². The molecule has 6 nitrogen and oxygen atoms in total. The van der Waals surface area contributed by atoms with Crippen molar-refractivity contribution in [2.24, 2.45) is 0 Å². The first-order valence-electron chi connectivity index (χ1n) is 6.70. The first-order chi connectivity index (χ1) is 11.9. The van der Waals surface area contributed by atoms with E-state index in [2.05, 4.69) is 15.0 Å². The van der Waals surface area contributed by atoms with Crippen LogP contribution >= 0.6 is 80.5 Å². The van der Waals surface area contributed by atoms with Gasteiger partial charge in [-0.25, -0.2) is 25.8 Å². The van der Waals surface area contributed by atoms with Gasteiger partial charge in [0.25, 0.3) is 0 Å². The van der Waals surface area contributed by atoms with E-state index in [1.807, 2.05) is 0 Å². The van der Waals surface area contributed by atoms with E-state index >= 15 is 0 Å². The molecule has 0 aromatic carbocycles. The molecule has 26 heavy (non-hydrogen) atoms. The number of hydrogen-bond acceptors (Lipinski definition) is 5. The van der Waals surface area contributed by atoms with Gasteiger partial charge in [-0.3, -0.25) is 9.59 Å². The van der Waals surface area contributed by atoms with Crippen molar-refractivity contribution >= 4 is 92.3 Å². The molecule has 1 aliphatic heterocycles. The Labute approximate surface area is 180 Å². The number of carboxylic acid groups (broad SMARTS) is 1. The number of ketones is 1. The van der Waals surface area contributed by atoms with Gasteiger partial charge in [-0.05, 0) is 22.6 Å². The lowest BCUT2D eigenvalue weighted by Gasteiger charge is -2.15. The highest BCUT2D eigenvalue weighted by Gasteiger charge is 2.35. The van der Waals surface area contributed by atoms with Crippen LogP contribution in [0.25, 0.3) is 0 Å². The van der Waals surface area contributed by atoms with Crippen LogP contribution in [0.2, 0.25) is 0 Å². The van der Waals surface area contributed by atoms with E-state index in [4.69, 9.17) is 74.7 Å². The highest BCUT2D eigenvalue weighted by molar-refractivity contribution is 8.22. The Bertz CT molecular complexity index is 771. The normalized spacial score (nSPS) is 18.7. The summed E-state index contributed by atoms with van der Waals surface area (Å²) in [6, 6.07) is 0. The predicted octanol–water partition coefficient (Wildman–Crippen LogP) is 4.59. The van der Waals surface area contributed by atoms with E-state index < -0.39 is 30.2 Å². The number of carbonyl (C=O) groups is 2. The van der Waals surface area contributed by atoms with Gasteiger partial charge >= 0.3 is 5.97 Å². The molecule has 0 spiro atoms. The molecule has 0 fully saturated rings. The lowest BCUT2D eigenvalue weighted by atomic mass is 10.2. The molecule has 13 heteroatoms. The standard InChI is InChI=1S/C13H9Cl6N3O3S/c14-12(15,16)10-20-9(21-11(22-10)13(17,18)19)8(25)6-1-3-26(5-6)4-2-7(23)24/h1,3,5,26H,2,4H2,(H,23,24). The second-order valence-corrected chi connectivity index (χ2v) is 11.5. The first kappa shape index (κ1) is 22.0. The number of rotatable bonds is 5. The molecule has 0 bridgehead atoms. The third kappa shape index (κ3) is 5.86. The highest BCUT2D eigenvalue weighted by atomic mass is 35.6. The molecule has 142 valence electrons. The maximum Gasteiger partial charge on any atom is 0.304 e. The van der Waals surface area contributed by atoms with Gasteiger partial charge in [0.2, 0.25) is 19.2 Å². The summed E-state index contributed by atoms with van der Waals surface area (Å²) >= 11 is 34.6. The third-order valence-electron chi connectivity index (χ3n) is 2.94. The zero-order chi connectivity index (χ0) is 19.7. The summed E-state index contributed by atoms with van der Waals surface area (Å²) in [6.07, 6.45) is 1.55. The average Bonchev–Trinajstić information content (AvgIpc) is 2.99. The first-order valence-corrected chi connectivity index (χ1v) is 10.6. The minimum Gasteiger partial charge on any atom is -0.481 e. The molecular formula is C13H9Cl6N3O3S. The molecule has 1 atom stereocenters. The number of aliphatic carboxylic acids is 1. The van der Waals surface area contributed by atoms with E-state index in [0.717, 1.165) is 0 Å². The molecule has 0 saturated carbocycles. The number of carboxylic acids is 1. The summed E-state index contributed by atoms with van der Waals surface area (Å²) in [5, 5.41) is 12.2. The number of aromatic nitrogens is 3. The topological polar surface area (TPSA) is 93.0 Å². The Morgan fingerprint density at radius 3 is 2.00 bits per heavy atom. The molecule has 2 rings (SSSR count). The van der Waals surface area contributed by atoms with E-state index in [0.29, 0.717) is 5.75 Å². The summed E-state index contributed by atoms with van der Waals surface area (Å²) in [5.41, 5.74) is 0.276. The Hall–Kier alpha value is -0.280. The number of Topliss-reactive ketones (excluding diaryl/α,β-unsaturated/α-hetero) is 1. The molecule has 1 unspecified atom stereocenters. The summed E-state index contributed by atoms with van der Waals surface area (Å²) in [6.45, 7) is 0. The molecular weight excluding hydrogens is 491 g/mol. The van der Waals surface area contributed by atoms with E-state index in [1.165, 1.54) is 0 Å². The zero-order valence-corrected chi connectivity index (χ0v) is 17.9. The summed E-state index contributed by atoms with van der Waals surface area (Å²) in [5.74, 6) is -2.17. The molecule has 2 heterocycles. The number of nitrogens with zero attached hydrogens (tertiary/aromatic N) is 3. The van der Waals surface area contributed by atoms with Gasteiger partial charge in [0.15, 0.2) is 11.6 Å². The lowest BCUT2D eigenvalue weighted by Crippen LogP contribution is -2.20. The fourth-order valence-electron chi connectivity index (χ4n) is 1.80. The highest BCUT2D eigenvalue weighted by Crippen LogP contribution is 2.41. The molecule has 1 N–H and O–H groups in total. The molecule has 0 amide bonds. The average molecular weight is 500 g/mol. The van der Waals surface area contributed by atoms with Crippen molar-refractivity contribution < 1.29 is 14.7 Å². The maximum atomic E-state index is 12.7. The number of halogens is 6. The van der Waals surface area contributed by atoms with Crippen LogP contribution < -0.4 is 0 Å². The van der Waals surface area contributed by atoms with E-state index in [1.54, 1.807) is 16.9 Å². The minimum atomic E-state index is -2.06. The fraction of sp³-hybridized carbons (Fsp3) is 0.308. The zero-order valence-electron chi connectivity index (χ0n) is 12.5. The fourth-order valence-corrected chi connectivity index (χ4v) is 4.03. The van der Waals surface area contributed by atoms with Crippen LogP contribution in [-0.4, -0.2) is 37.6 Å². The SMILES string of the molecule is O=C(O)CC[SH]1C=CC(C(=O)c2nc(C(Cl)(Cl)Cl)nc(C(Cl)(Cl)Cl)n2)=C1. The summed E-state index contributed by atoms with van der Waals surface area (Å²) in [4.78, 5) is 34.8. The van der Waals surface area contributed by atoms with Crippen LogP contribution in [0.1, 0.15) is 28.7 Å². The van der Waals surface area contributed by atoms with Gasteiger partial charge in [-0.1, -0.05) is 69.6 Å². The van der Waals surface area contributed by atoms with Crippen molar-refractivity contribution in [3.05, 3.63) is 39.9 Å². The van der Waals surface area contributed by atoms with Crippen molar-refractivity contribution in [3.8, 4) is 0 Å². The number of hydrogen-bond donors (Lipinski definition) is 2. The van der Waals surface area contributed by atoms with Crippen LogP contribution in [0.3, 0.4) is 0 Å². The monoisotopic (exact) mass is 497 g/mol. The minimum absolute atomic E-state index is 0.00536. The molecule has 0 saturated heterocycles. The Morgan fingerprint density at radius 2 is 1.54 bits per heavy atom. The molecule has 1 aliphatic rings. The number of carbonyl (C=O) groups excluding carboxylic acids is 1. The quantitative estimate of drug-likeness (QED) is 0.349. The third-order valence-corrected chi connectivity index (χ3v) is 5.84. The van der Waals surface area contributed by atoms with Gasteiger partial charge in [-0.15, -0.1) is 0 Å². The van der Waals surface area contributed by atoms with Crippen LogP contribution in [0.4, 0.5) is 0 Å². The van der Waals surface area contributed by atoms with Crippen LogP contribution in [0.15, 0.2) is 22.5 Å². The van der Waals surface area contributed by atoms with Gasteiger partial charge < -0.3 is 5.11 Å². The lowest BCUT2D eigenvalue weighted by molar-refractivity contribution is -0.136. The van der Waals surface area contributed by atoms with Gasteiger partial charge in [0, 0.05) is 5.57 Å². The second-order valence-electron chi connectivity index (χ2n) is 4.91. The van der Waals surface area contributed by atoms with Crippen molar-refractivity contribution in [1.82, 2.24) is 15.0 Å².